The number of hydrogen-bond acceptors (Lipinski definition) is 1. The Morgan fingerprint density at radius 1 is 1.05 bits per heavy atom. The highest BCUT2D eigenvalue weighted by molar-refractivity contribution is 5.69. The number of aryl methyl sites for hydroxylation is 1. The van der Waals surface area contributed by atoms with E-state index in [9.17, 15) is 0 Å². The van der Waals surface area contributed by atoms with Gasteiger partial charge in [-0.1, -0.05) is 51.1 Å². The number of nitrogens with zero attached hydrogens (tertiary/aromatic N) is 2. The molecular weight excluding hydrogens is 232 g/mol. The lowest BCUT2D eigenvalue weighted by molar-refractivity contribution is 0.446. The molecule has 2 aromatic rings. The Labute approximate surface area is 116 Å². The topological polar surface area (TPSA) is 17.8 Å². The van der Waals surface area contributed by atoms with Gasteiger partial charge in [0.15, 0.2) is 0 Å². The molecule has 0 saturated carbocycles. The second kappa shape index (κ2) is 4.84. The summed E-state index contributed by atoms with van der Waals surface area (Å²) in [6, 6.07) is 11.0. The van der Waals surface area contributed by atoms with Crippen LogP contribution in [-0.2, 0) is 5.41 Å². The molecule has 0 aliphatic carbocycles. The quantitative estimate of drug-likeness (QED) is 0.759. The minimum absolute atomic E-state index is 0.0801. The molecule has 0 N–H and O–H groups in total. The number of rotatable bonds is 2. The average molecular weight is 256 g/mol. The molecule has 2 nitrogen and oxygen atoms in total. The van der Waals surface area contributed by atoms with Gasteiger partial charge in [0.2, 0.25) is 0 Å². The Balaban J connectivity index is 2.74. The Bertz CT molecular complexity index is 557. The van der Waals surface area contributed by atoms with Crippen molar-refractivity contribution in [1.82, 2.24) is 9.78 Å². The van der Waals surface area contributed by atoms with Gasteiger partial charge >= 0.3 is 0 Å². The molecule has 0 bridgehead atoms. The molecule has 19 heavy (non-hydrogen) atoms. The predicted octanol–water partition coefficient (Wildman–Crippen LogP) is 4.74. The molecule has 2 rings (SSSR count). The third-order valence-corrected chi connectivity index (χ3v) is 3.35. The third-order valence-electron chi connectivity index (χ3n) is 3.35. The molecule has 2 heteroatoms. The van der Waals surface area contributed by atoms with Crippen LogP contribution in [0.5, 0.6) is 0 Å². The van der Waals surface area contributed by atoms with Crippen molar-refractivity contribution >= 4 is 0 Å². The zero-order chi connectivity index (χ0) is 14.2. The molecule has 0 saturated heterocycles. The molecule has 0 fully saturated rings. The maximum absolute atomic E-state index is 4.77. The van der Waals surface area contributed by atoms with Crippen molar-refractivity contribution in [2.75, 3.05) is 0 Å². The van der Waals surface area contributed by atoms with Crippen molar-refractivity contribution in [3.8, 4) is 11.1 Å². The van der Waals surface area contributed by atoms with E-state index in [0.29, 0.717) is 6.04 Å². The van der Waals surface area contributed by atoms with Gasteiger partial charge in [-0.25, -0.2) is 0 Å². The molecule has 0 spiro atoms. The van der Waals surface area contributed by atoms with Crippen LogP contribution in [0.3, 0.4) is 0 Å². The Kier molecular flexibility index (Phi) is 3.53. The summed E-state index contributed by atoms with van der Waals surface area (Å²) in [7, 11) is 0. The van der Waals surface area contributed by atoms with Crippen LogP contribution >= 0.6 is 0 Å². The van der Waals surface area contributed by atoms with Gasteiger partial charge in [-0.3, -0.25) is 4.68 Å². The van der Waals surface area contributed by atoms with E-state index in [0.717, 1.165) is 5.69 Å². The molecule has 0 atom stereocenters. The van der Waals surface area contributed by atoms with Crippen LogP contribution in [0.25, 0.3) is 11.1 Å². The Morgan fingerprint density at radius 3 is 2.11 bits per heavy atom. The highest BCUT2D eigenvalue weighted by Gasteiger charge is 2.27. The standard InChI is InChI=1S/C17H24N2/c1-12(2)19-16(17(4,5)6)15(13(3)18-19)14-10-8-7-9-11-14/h7-12H,1-6H3. The lowest BCUT2D eigenvalue weighted by atomic mass is 9.86. The summed E-state index contributed by atoms with van der Waals surface area (Å²) in [5, 5.41) is 4.77. The van der Waals surface area contributed by atoms with Gasteiger partial charge < -0.3 is 0 Å². The highest BCUT2D eigenvalue weighted by Crippen LogP contribution is 2.36. The summed E-state index contributed by atoms with van der Waals surface area (Å²) < 4.78 is 2.18. The highest BCUT2D eigenvalue weighted by atomic mass is 15.3. The summed E-state index contributed by atoms with van der Waals surface area (Å²) >= 11 is 0. The summed E-state index contributed by atoms with van der Waals surface area (Å²) in [5.41, 5.74) is 5.08. The van der Waals surface area contributed by atoms with Gasteiger partial charge in [0.1, 0.15) is 0 Å². The second-order valence-corrected chi connectivity index (χ2v) is 6.46. The summed E-state index contributed by atoms with van der Waals surface area (Å²) in [6.45, 7) is 13.3. The SMILES string of the molecule is Cc1nn(C(C)C)c(C(C)(C)C)c1-c1ccccc1. The van der Waals surface area contributed by atoms with Crippen molar-refractivity contribution in [2.45, 2.75) is 53.0 Å². The fourth-order valence-electron chi connectivity index (χ4n) is 2.59. The van der Waals surface area contributed by atoms with E-state index in [2.05, 4.69) is 76.6 Å². The summed E-state index contributed by atoms with van der Waals surface area (Å²) in [6.07, 6.45) is 0. The van der Waals surface area contributed by atoms with Gasteiger partial charge in [-0.15, -0.1) is 0 Å². The van der Waals surface area contributed by atoms with E-state index >= 15 is 0 Å². The molecule has 0 aliphatic heterocycles. The van der Waals surface area contributed by atoms with E-state index in [1.54, 1.807) is 0 Å². The first-order valence-electron chi connectivity index (χ1n) is 6.97. The first kappa shape index (κ1) is 13.9. The number of benzene rings is 1. The lowest BCUT2D eigenvalue weighted by Gasteiger charge is -2.24. The zero-order valence-electron chi connectivity index (χ0n) is 12.9. The number of hydrogen-bond donors (Lipinski definition) is 0. The van der Waals surface area contributed by atoms with Crippen molar-refractivity contribution in [3.05, 3.63) is 41.7 Å². The van der Waals surface area contributed by atoms with Crippen LogP contribution < -0.4 is 0 Å². The first-order chi connectivity index (χ1) is 8.82. The normalized spacial score (nSPS) is 12.2. The van der Waals surface area contributed by atoms with Crippen LogP contribution in [-0.4, -0.2) is 9.78 Å². The fraction of sp³-hybridized carbons (Fsp3) is 0.471. The van der Waals surface area contributed by atoms with Crippen molar-refractivity contribution in [3.63, 3.8) is 0 Å². The minimum atomic E-state index is 0.0801. The molecular formula is C17H24N2. The minimum Gasteiger partial charge on any atom is -0.266 e. The largest absolute Gasteiger partial charge is 0.266 e. The molecule has 1 heterocycles. The van der Waals surface area contributed by atoms with Gasteiger partial charge in [-0.05, 0) is 26.3 Å². The smallest absolute Gasteiger partial charge is 0.0675 e. The van der Waals surface area contributed by atoms with Crippen molar-refractivity contribution in [2.24, 2.45) is 0 Å². The predicted molar refractivity (Wildman–Crippen MR) is 81.5 cm³/mol. The Morgan fingerprint density at radius 2 is 1.63 bits per heavy atom. The van der Waals surface area contributed by atoms with Crippen LogP contribution in [0.15, 0.2) is 30.3 Å². The molecule has 0 unspecified atom stereocenters. The van der Waals surface area contributed by atoms with Crippen LogP contribution in [0, 0.1) is 6.92 Å². The summed E-state index contributed by atoms with van der Waals surface area (Å²) in [5.74, 6) is 0. The maximum atomic E-state index is 4.77. The Hall–Kier alpha value is -1.57. The van der Waals surface area contributed by atoms with Crippen LogP contribution in [0.4, 0.5) is 0 Å². The van der Waals surface area contributed by atoms with Gasteiger partial charge in [-0.2, -0.15) is 5.10 Å². The molecule has 0 aliphatic rings. The van der Waals surface area contributed by atoms with Gasteiger partial charge in [0.25, 0.3) is 0 Å². The molecule has 1 aromatic heterocycles. The monoisotopic (exact) mass is 256 g/mol. The van der Waals surface area contributed by atoms with Crippen LogP contribution in [0.2, 0.25) is 0 Å². The van der Waals surface area contributed by atoms with E-state index in [1.807, 2.05) is 0 Å². The molecule has 1 aromatic carbocycles. The fourth-order valence-corrected chi connectivity index (χ4v) is 2.59. The maximum Gasteiger partial charge on any atom is 0.0675 e. The van der Waals surface area contributed by atoms with E-state index in [1.165, 1.54) is 16.8 Å². The number of aromatic nitrogens is 2. The molecule has 102 valence electrons. The summed E-state index contributed by atoms with van der Waals surface area (Å²) in [4.78, 5) is 0. The van der Waals surface area contributed by atoms with E-state index in [-0.39, 0.29) is 5.41 Å². The van der Waals surface area contributed by atoms with E-state index in [4.69, 9.17) is 5.10 Å². The molecule has 0 radical (unpaired) electrons. The van der Waals surface area contributed by atoms with Crippen LogP contribution in [0.1, 0.15) is 52.0 Å². The first-order valence-corrected chi connectivity index (χ1v) is 6.97. The van der Waals surface area contributed by atoms with E-state index < -0.39 is 0 Å². The molecule has 0 amide bonds. The van der Waals surface area contributed by atoms with Gasteiger partial charge in [0.05, 0.1) is 11.4 Å². The second-order valence-electron chi connectivity index (χ2n) is 6.46. The van der Waals surface area contributed by atoms with Crippen molar-refractivity contribution in [1.29, 1.82) is 0 Å². The average Bonchev–Trinajstić information content (AvgIpc) is 2.68. The van der Waals surface area contributed by atoms with Crippen molar-refractivity contribution < 1.29 is 0 Å². The zero-order valence-corrected chi connectivity index (χ0v) is 12.9. The van der Waals surface area contributed by atoms with Gasteiger partial charge in [0, 0.05) is 17.0 Å². The lowest BCUT2D eigenvalue weighted by Crippen LogP contribution is -2.20. The third kappa shape index (κ3) is 2.58.